The largest absolute Gasteiger partial charge is 0.478 e. The van der Waals surface area contributed by atoms with Crippen molar-refractivity contribution in [2.24, 2.45) is 0 Å². The van der Waals surface area contributed by atoms with Crippen molar-refractivity contribution in [3.63, 3.8) is 0 Å². The van der Waals surface area contributed by atoms with Crippen LogP contribution in [0.4, 0.5) is 4.39 Å². The number of carboxylic acids is 1. The lowest BCUT2D eigenvalue weighted by molar-refractivity contribution is 0.0697. The van der Waals surface area contributed by atoms with E-state index in [0.717, 1.165) is 22.3 Å². The summed E-state index contributed by atoms with van der Waals surface area (Å²) in [6, 6.07) is 6.14. The summed E-state index contributed by atoms with van der Waals surface area (Å²) < 4.78 is 19.5. The van der Waals surface area contributed by atoms with Gasteiger partial charge in [-0.25, -0.2) is 9.18 Å². The molecule has 25 heavy (non-hydrogen) atoms. The molecule has 0 bridgehead atoms. The highest BCUT2D eigenvalue weighted by Crippen LogP contribution is 2.31. The number of aromatic nitrogens is 2. The van der Waals surface area contributed by atoms with E-state index >= 15 is 0 Å². The van der Waals surface area contributed by atoms with Gasteiger partial charge in [-0.05, 0) is 68.1 Å². The zero-order valence-electron chi connectivity index (χ0n) is 14.3. The molecule has 3 rings (SSSR count). The van der Waals surface area contributed by atoms with Gasteiger partial charge in [0.2, 0.25) is 5.82 Å². The number of carboxylic acid groups (broad SMARTS) is 1. The number of carbonyl (C=O) groups is 1. The molecule has 0 aliphatic rings. The first kappa shape index (κ1) is 16.8. The average Bonchev–Trinajstić information content (AvgIpc) is 3.03. The molecule has 0 saturated heterocycles. The highest BCUT2D eigenvalue weighted by atomic mass is 19.1. The van der Waals surface area contributed by atoms with Gasteiger partial charge in [0.1, 0.15) is 5.82 Å². The van der Waals surface area contributed by atoms with Crippen LogP contribution in [0.25, 0.3) is 22.8 Å². The second-order valence-corrected chi connectivity index (χ2v) is 6.06. The minimum atomic E-state index is -1.03. The van der Waals surface area contributed by atoms with E-state index in [1.165, 1.54) is 12.1 Å². The maximum atomic E-state index is 14.2. The molecule has 2 aromatic carbocycles. The highest BCUT2D eigenvalue weighted by Gasteiger charge is 2.20. The Hall–Kier alpha value is -3.02. The third-order valence-electron chi connectivity index (χ3n) is 4.48. The second kappa shape index (κ2) is 6.12. The fourth-order valence-electron chi connectivity index (χ4n) is 2.69. The smallest absolute Gasteiger partial charge is 0.335 e. The Kier molecular flexibility index (Phi) is 4.12. The Balaban J connectivity index is 2.15. The molecule has 0 atom stereocenters. The molecule has 1 heterocycles. The summed E-state index contributed by atoms with van der Waals surface area (Å²) in [6.07, 6.45) is 0. The molecule has 0 fully saturated rings. The van der Waals surface area contributed by atoms with Crippen molar-refractivity contribution in [2.45, 2.75) is 27.7 Å². The van der Waals surface area contributed by atoms with Crippen LogP contribution in [-0.4, -0.2) is 21.2 Å². The molecule has 1 N–H and O–H groups in total. The summed E-state index contributed by atoms with van der Waals surface area (Å²) in [5.74, 6) is -1.16. The van der Waals surface area contributed by atoms with Crippen LogP contribution < -0.4 is 0 Å². The van der Waals surface area contributed by atoms with Gasteiger partial charge in [-0.2, -0.15) is 4.98 Å². The summed E-state index contributed by atoms with van der Waals surface area (Å²) in [4.78, 5) is 15.6. The number of aromatic carboxylic acids is 1. The zero-order valence-corrected chi connectivity index (χ0v) is 14.3. The van der Waals surface area contributed by atoms with Crippen LogP contribution in [-0.2, 0) is 0 Å². The van der Waals surface area contributed by atoms with Gasteiger partial charge in [-0.3, -0.25) is 0 Å². The summed E-state index contributed by atoms with van der Waals surface area (Å²) in [5, 5.41) is 13.2. The molecule has 0 amide bonds. The maximum absolute atomic E-state index is 14.2. The molecule has 0 saturated carbocycles. The molecular weight excluding hydrogens is 323 g/mol. The van der Waals surface area contributed by atoms with Gasteiger partial charge in [0, 0.05) is 5.56 Å². The van der Waals surface area contributed by atoms with Crippen molar-refractivity contribution < 1.29 is 18.8 Å². The molecule has 6 heteroatoms. The highest BCUT2D eigenvalue weighted by molar-refractivity contribution is 5.90. The van der Waals surface area contributed by atoms with Crippen LogP contribution >= 0.6 is 0 Å². The minimum absolute atomic E-state index is 0.0754. The Morgan fingerprint density at radius 1 is 1.08 bits per heavy atom. The van der Waals surface area contributed by atoms with Crippen LogP contribution in [0.5, 0.6) is 0 Å². The SMILES string of the molecule is Cc1cc(C(=O)O)cc(-c2noc(-c3c(F)ccc(C)c3C)n2)c1C. The topological polar surface area (TPSA) is 76.2 Å². The first-order chi connectivity index (χ1) is 11.8. The Morgan fingerprint density at radius 3 is 2.48 bits per heavy atom. The Morgan fingerprint density at radius 2 is 1.80 bits per heavy atom. The molecule has 5 nitrogen and oxygen atoms in total. The monoisotopic (exact) mass is 340 g/mol. The van der Waals surface area contributed by atoms with Crippen molar-refractivity contribution in [3.8, 4) is 22.8 Å². The molecular formula is C19H17FN2O3. The van der Waals surface area contributed by atoms with E-state index in [2.05, 4.69) is 10.1 Å². The predicted molar refractivity (Wildman–Crippen MR) is 91.0 cm³/mol. The van der Waals surface area contributed by atoms with Gasteiger partial charge in [0.15, 0.2) is 0 Å². The lowest BCUT2D eigenvalue weighted by Crippen LogP contribution is -2.00. The molecule has 3 aromatic rings. The van der Waals surface area contributed by atoms with Crippen LogP contribution in [0, 0.1) is 33.5 Å². The van der Waals surface area contributed by atoms with Gasteiger partial charge < -0.3 is 9.63 Å². The first-order valence-electron chi connectivity index (χ1n) is 7.74. The third-order valence-corrected chi connectivity index (χ3v) is 4.48. The molecule has 0 aliphatic heterocycles. The van der Waals surface area contributed by atoms with E-state index in [1.807, 2.05) is 20.8 Å². The molecule has 0 aliphatic carbocycles. The summed E-state index contributed by atoms with van der Waals surface area (Å²) in [7, 11) is 0. The summed E-state index contributed by atoms with van der Waals surface area (Å²) >= 11 is 0. The van der Waals surface area contributed by atoms with Gasteiger partial charge in [0.05, 0.1) is 11.1 Å². The van der Waals surface area contributed by atoms with Crippen molar-refractivity contribution >= 4 is 5.97 Å². The van der Waals surface area contributed by atoms with Gasteiger partial charge in [0.25, 0.3) is 5.89 Å². The van der Waals surface area contributed by atoms with Gasteiger partial charge >= 0.3 is 5.97 Å². The number of halogens is 1. The molecule has 0 radical (unpaired) electrons. The number of aryl methyl sites for hydroxylation is 2. The number of nitrogens with zero attached hydrogens (tertiary/aromatic N) is 2. The summed E-state index contributed by atoms with van der Waals surface area (Å²) in [6.45, 7) is 7.33. The van der Waals surface area contributed by atoms with Gasteiger partial charge in [-0.1, -0.05) is 11.2 Å². The van der Waals surface area contributed by atoms with E-state index in [4.69, 9.17) is 4.52 Å². The van der Waals surface area contributed by atoms with Crippen LogP contribution in [0.1, 0.15) is 32.6 Å². The van der Waals surface area contributed by atoms with Crippen molar-refractivity contribution in [2.75, 3.05) is 0 Å². The maximum Gasteiger partial charge on any atom is 0.335 e. The second-order valence-electron chi connectivity index (χ2n) is 6.06. The van der Waals surface area contributed by atoms with E-state index in [1.54, 1.807) is 19.1 Å². The molecule has 128 valence electrons. The number of rotatable bonds is 3. The predicted octanol–water partition coefficient (Wildman–Crippen LogP) is 4.47. The normalized spacial score (nSPS) is 10.9. The van der Waals surface area contributed by atoms with Crippen molar-refractivity contribution in [3.05, 3.63) is 57.9 Å². The first-order valence-corrected chi connectivity index (χ1v) is 7.74. The van der Waals surface area contributed by atoms with Crippen LogP contribution in [0.3, 0.4) is 0 Å². The Bertz CT molecular complexity index is 993. The van der Waals surface area contributed by atoms with E-state index < -0.39 is 11.8 Å². The fourth-order valence-corrected chi connectivity index (χ4v) is 2.69. The third kappa shape index (κ3) is 2.91. The van der Waals surface area contributed by atoms with E-state index in [-0.39, 0.29) is 22.8 Å². The lowest BCUT2D eigenvalue weighted by Gasteiger charge is -2.07. The fraction of sp³-hybridized carbons (Fsp3) is 0.211. The molecule has 0 unspecified atom stereocenters. The van der Waals surface area contributed by atoms with Crippen LogP contribution in [0.15, 0.2) is 28.8 Å². The standard InChI is InChI=1S/C19H17FN2O3/c1-9-5-6-15(20)16(12(9)4)18-21-17(22-25-18)14-8-13(19(23)24)7-10(2)11(14)3/h5-8H,1-4H3,(H,23,24). The number of hydrogen-bond donors (Lipinski definition) is 1. The minimum Gasteiger partial charge on any atom is -0.478 e. The number of benzene rings is 2. The Labute approximate surface area is 144 Å². The quantitative estimate of drug-likeness (QED) is 0.761. The lowest BCUT2D eigenvalue weighted by atomic mass is 9.99. The average molecular weight is 340 g/mol. The van der Waals surface area contributed by atoms with Gasteiger partial charge in [-0.15, -0.1) is 0 Å². The zero-order chi connectivity index (χ0) is 18.3. The number of hydrogen-bond acceptors (Lipinski definition) is 4. The van der Waals surface area contributed by atoms with Crippen molar-refractivity contribution in [1.82, 2.24) is 10.1 Å². The van der Waals surface area contributed by atoms with E-state index in [9.17, 15) is 14.3 Å². The van der Waals surface area contributed by atoms with Crippen LogP contribution in [0.2, 0.25) is 0 Å². The van der Waals surface area contributed by atoms with Crippen molar-refractivity contribution in [1.29, 1.82) is 0 Å². The molecule has 0 spiro atoms. The molecule has 1 aromatic heterocycles. The summed E-state index contributed by atoms with van der Waals surface area (Å²) in [5.41, 5.74) is 4.25. The van der Waals surface area contributed by atoms with E-state index in [0.29, 0.717) is 5.56 Å².